The van der Waals surface area contributed by atoms with Crippen molar-refractivity contribution in [3.8, 4) is 0 Å². The normalized spacial score (nSPS) is 17.9. The van der Waals surface area contributed by atoms with Crippen molar-refractivity contribution in [1.82, 2.24) is 9.46 Å². The molecule has 1 aromatic carbocycles. The van der Waals surface area contributed by atoms with Crippen LogP contribution in [0.1, 0.15) is 46.6 Å². The van der Waals surface area contributed by atoms with Crippen molar-refractivity contribution >= 4 is 21.6 Å². The maximum Gasteiger partial charge on any atom is 0.263 e. The summed E-state index contributed by atoms with van der Waals surface area (Å²) >= 11 is 0. The molecular weight excluding hydrogens is 366 g/mol. The van der Waals surface area contributed by atoms with E-state index in [0.717, 1.165) is 30.5 Å². The predicted molar refractivity (Wildman–Crippen MR) is 100 cm³/mol. The molecule has 2 aliphatic heterocycles. The zero-order valence-electron chi connectivity index (χ0n) is 15.6. The van der Waals surface area contributed by atoms with Gasteiger partial charge in [0, 0.05) is 25.3 Å². The number of rotatable bonds is 3. The third-order valence-electron chi connectivity index (χ3n) is 5.39. The van der Waals surface area contributed by atoms with Crippen molar-refractivity contribution in [3.05, 3.63) is 40.8 Å². The summed E-state index contributed by atoms with van der Waals surface area (Å²) in [7, 11) is -3.47. The SMILES string of the molecule is Cc1noc(C)c1C(=O)N1CCc2cc(S(=O)(=O)N3CCCCC3)ccc21. The van der Waals surface area contributed by atoms with Crippen LogP contribution < -0.4 is 4.90 Å². The van der Waals surface area contributed by atoms with Gasteiger partial charge in [-0.1, -0.05) is 11.6 Å². The molecule has 1 aromatic heterocycles. The van der Waals surface area contributed by atoms with Gasteiger partial charge < -0.3 is 9.42 Å². The second kappa shape index (κ2) is 6.76. The van der Waals surface area contributed by atoms with E-state index in [0.29, 0.717) is 48.0 Å². The summed E-state index contributed by atoms with van der Waals surface area (Å²) in [5, 5.41) is 3.86. The second-order valence-corrected chi connectivity index (χ2v) is 9.10. The molecule has 0 spiro atoms. The summed E-state index contributed by atoms with van der Waals surface area (Å²) in [6.07, 6.45) is 3.52. The molecule has 0 atom stereocenters. The quantitative estimate of drug-likeness (QED) is 0.806. The number of aromatic nitrogens is 1. The lowest BCUT2D eigenvalue weighted by Crippen LogP contribution is -2.35. The number of carbonyl (C=O) groups excluding carboxylic acids is 1. The average molecular weight is 389 g/mol. The summed E-state index contributed by atoms with van der Waals surface area (Å²) in [6, 6.07) is 5.08. The topological polar surface area (TPSA) is 83.7 Å². The zero-order valence-corrected chi connectivity index (χ0v) is 16.4. The Morgan fingerprint density at radius 2 is 1.85 bits per heavy atom. The van der Waals surface area contributed by atoms with Crippen LogP contribution in [0, 0.1) is 13.8 Å². The number of anilines is 1. The van der Waals surface area contributed by atoms with Gasteiger partial charge in [-0.05, 0) is 56.9 Å². The van der Waals surface area contributed by atoms with Crippen LogP contribution in [0.2, 0.25) is 0 Å². The molecule has 144 valence electrons. The van der Waals surface area contributed by atoms with E-state index < -0.39 is 10.0 Å². The highest BCUT2D eigenvalue weighted by Crippen LogP contribution is 2.33. The lowest BCUT2D eigenvalue weighted by atomic mass is 10.1. The maximum atomic E-state index is 12.9. The Labute approximate surface area is 159 Å². The van der Waals surface area contributed by atoms with Crippen LogP contribution >= 0.6 is 0 Å². The number of aryl methyl sites for hydroxylation is 2. The van der Waals surface area contributed by atoms with Crippen molar-refractivity contribution in [2.75, 3.05) is 24.5 Å². The first-order valence-electron chi connectivity index (χ1n) is 9.27. The number of hydrogen-bond acceptors (Lipinski definition) is 5. The van der Waals surface area contributed by atoms with Gasteiger partial charge in [0.05, 0.1) is 10.6 Å². The number of piperidine rings is 1. The Hall–Kier alpha value is -2.19. The Kier molecular flexibility index (Phi) is 4.55. The van der Waals surface area contributed by atoms with Crippen LogP contribution in [-0.2, 0) is 16.4 Å². The first-order valence-corrected chi connectivity index (χ1v) is 10.7. The van der Waals surface area contributed by atoms with Gasteiger partial charge in [0.1, 0.15) is 11.3 Å². The molecule has 0 bridgehead atoms. The summed E-state index contributed by atoms with van der Waals surface area (Å²) < 4.78 is 32.5. The fraction of sp³-hybridized carbons (Fsp3) is 0.474. The Morgan fingerprint density at radius 3 is 2.52 bits per heavy atom. The molecule has 7 nitrogen and oxygen atoms in total. The maximum absolute atomic E-state index is 12.9. The third kappa shape index (κ3) is 3.06. The van der Waals surface area contributed by atoms with E-state index in [4.69, 9.17) is 4.52 Å². The molecule has 0 aliphatic carbocycles. The number of fused-ring (bicyclic) bond motifs is 1. The van der Waals surface area contributed by atoms with Crippen molar-refractivity contribution < 1.29 is 17.7 Å². The predicted octanol–water partition coefficient (Wildman–Crippen LogP) is 2.67. The molecule has 4 rings (SSSR count). The van der Waals surface area contributed by atoms with E-state index in [1.165, 1.54) is 0 Å². The van der Waals surface area contributed by atoms with Crippen LogP contribution in [0.3, 0.4) is 0 Å². The zero-order chi connectivity index (χ0) is 19.2. The Morgan fingerprint density at radius 1 is 1.11 bits per heavy atom. The summed E-state index contributed by atoms with van der Waals surface area (Å²) in [6.45, 7) is 5.14. The smallest absolute Gasteiger partial charge is 0.263 e. The number of benzene rings is 1. The fourth-order valence-electron chi connectivity index (χ4n) is 3.93. The van der Waals surface area contributed by atoms with Gasteiger partial charge in [-0.2, -0.15) is 4.31 Å². The van der Waals surface area contributed by atoms with E-state index in [1.807, 2.05) is 0 Å². The van der Waals surface area contributed by atoms with Crippen molar-refractivity contribution in [1.29, 1.82) is 0 Å². The summed E-state index contributed by atoms with van der Waals surface area (Å²) in [4.78, 5) is 14.9. The monoisotopic (exact) mass is 389 g/mol. The van der Waals surface area contributed by atoms with Gasteiger partial charge in [0.15, 0.2) is 0 Å². The van der Waals surface area contributed by atoms with Crippen LogP contribution in [0.5, 0.6) is 0 Å². The summed E-state index contributed by atoms with van der Waals surface area (Å²) in [5.41, 5.74) is 2.69. The molecule has 0 saturated carbocycles. The van der Waals surface area contributed by atoms with E-state index in [9.17, 15) is 13.2 Å². The highest BCUT2D eigenvalue weighted by atomic mass is 32.2. The van der Waals surface area contributed by atoms with Gasteiger partial charge in [0.25, 0.3) is 5.91 Å². The summed E-state index contributed by atoms with van der Waals surface area (Å²) in [5.74, 6) is 0.340. The Bertz CT molecular complexity index is 971. The number of hydrogen-bond donors (Lipinski definition) is 0. The number of nitrogens with zero attached hydrogens (tertiary/aromatic N) is 3. The van der Waals surface area contributed by atoms with Crippen LogP contribution in [0.25, 0.3) is 0 Å². The third-order valence-corrected chi connectivity index (χ3v) is 7.29. The number of sulfonamides is 1. The molecule has 0 unspecified atom stereocenters. The largest absolute Gasteiger partial charge is 0.361 e. The average Bonchev–Trinajstić information content (AvgIpc) is 3.24. The van der Waals surface area contributed by atoms with Gasteiger partial charge in [-0.25, -0.2) is 8.42 Å². The second-order valence-electron chi connectivity index (χ2n) is 7.16. The molecule has 2 aromatic rings. The first kappa shape index (κ1) is 18.2. The van der Waals surface area contributed by atoms with Gasteiger partial charge >= 0.3 is 0 Å². The molecule has 0 radical (unpaired) electrons. The van der Waals surface area contributed by atoms with Crippen LogP contribution in [-0.4, -0.2) is 43.4 Å². The van der Waals surface area contributed by atoms with E-state index in [-0.39, 0.29) is 5.91 Å². The van der Waals surface area contributed by atoms with Crippen molar-refractivity contribution in [2.24, 2.45) is 0 Å². The molecule has 27 heavy (non-hydrogen) atoms. The minimum absolute atomic E-state index is 0.156. The molecule has 8 heteroatoms. The van der Waals surface area contributed by atoms with Gasteiger partial charge in [-0.15, -0.1) is 0 Å². The first-order chi connectivity index (χ1) is 12.9. The molecular formula is C19H23N3O4S. The van der Waals surface area contributed by atoms with Crippen molar-refractivity contribution in [3.63, 3.8) is 0 Å². The lowest BCUT2D eigenvalue weighted by molar-refractivity contribution is 0.0987. The lowest BCUT2D eigenvalue weighted by Gasteiger charge is -2.26. The van der Waals surface area contributed by atoms with Gasteiger partial charge in [0.2, 0.25) is 10.0 Å². The highest BCUT2D eigenvalue weighted by Gasteiger charge is 2.32. The molecule has 3 heterocycles. The fourth-order valence-corrected chi connectivity index (χ4v) is 5.50. The standard InChI is InChI=1S/C19H23N3O4S/c1-13-18(14(2)26-20-13)19(23)22-11-8-15-12-16(6-7-17(15)22)27(24,25)21-9-4-3-5-10-21/h6-7,12H,3-5,8-11H2,1-2H3. The van der Waals surface area contributed by atoms with Gasteiger partial charge in [-0.3, -0.25) is 4.79 Å². The van der Waals surface area contributed by atoms with Crippen LogP contribution in [0.15, 0.2) is 27.6 Å². The molecule has 1 amide bonds. The van der Waals surface area contributed by atoms with E-state index >= 15 is 0 Å². The van der Waals surface area contributed by atoms with E-state index in [1.54, 1.807) is 41.3 Å². The molecule has 1 saturated heterocycles. The van der Waals surface area contributed by atoms with Crippen LogP contribution in [0.4, 0.5) is 5.69 Å². The minimum Gasteiger partial charge on any atom is -0.361 e. The minimum atomic E-state index is -3.47. The molecule has 0 N–H and O–H groups in total. The number of carbonyl (C=O) groups is 1. The highest BCUT2D eigenvalue weighted by molar-refractivity contribution is 7.89. The molecule has 1 fully saturated rings. The van der Waals surface area contributed by atoms with Crippen molar-refractivity contribution in [2.45, 2.75) is 44.4 Å². The Balaban J connectivity index is 1.64. The number of amides is 1. The van der Waals surface area contributed by atoms with E-state index in [2.05, 4.69) is 5.16 Å². The molecule has 2 aliphatic rings.